The summed E-state index contributed by atoms with van der Waals surface area (Å²) < 4.78 is 5.60. The van der Waals surface area contributed by atoms with E-state index in [1.165, 1.54) is 0 Å². The number of ether oxygens (including phenoxy) is 1. The number of hydrogen-bond donors (Lipinski definition) is 0. The van der Waals surface area contributed by atoms with Gasteiger partial charge >= 0.3 is 51.1 Å². The van der Waals surface area contributed by atoms with Gasteiger partial charge in [-0.2, -0.15) is 0 Å². The van der Waals surface area contributed by atoms with Gasteiger partial charge in [0.15, 0.2) is 0 Å². The first-order valence-electron chi connectivity index (χ1n) is 1.93. The van der Waals surface area contributed by atoms with E-state index in [-0.39, 0.29) is 0 Å². The molecule has 0 aromatic rings. The molecule has 0 saturated carbocycles. The molecule has 42 valence electrons. The van der Waals surface area contributed by atoms with E-state index in [2.05, 4.69) is 15.6 Å². The van der Waals surface area contributed by atoms with Crippen molar-refractivity contribution in [3.63, 3.8) is 0 Å². The third-order valence-electron chi connectivity index (χ3n) is 0.540. The zero-order valence-electron chi connectivity index (χ0n) is 4.76. The summed E-state index contributed by atoms with van der Waals surface area (Å²) in [6, 6.07) is 0. The molecule has 0 aliphatic rings. The van der Waals surface area contributed by atoms with Crippen molar-refractivity contribution in [1.29, 1.82) is 0 Å². The molecule has 0 rings (SSSR count). The van der Waals surface area contributed by atoms with Gasteiger partial charge in [-0.05, 0) is 0 Å². The van der Waals surface area contributed by atoms with Gasteiger partial charge < -0.3 is 0 Å². The minimum atomic E-state index is 0.806. The van der Waals surface area contributed by atoms with Gasteiger partial charge in [0.25, 0.3) is 0 Å². The zero-order valence-corrected chi connectivity index (χ0v) is 6.48. The molecule has 0 aliphatic heterocycles. The summed E-state index contributed by atoms with van der Waals surface area (Å²) in [5.41, 5.74) is 0. The molecule has 0 aromatic carbocycles. The van der Waals surface area contributed by atoms with Gasteiger partial charge in [0.1, 0.15) is 0 Å². The van der Waals surface area contributed by atoms with Crippen molar-refractivity contribution in [2.45, 2.75) is 0 Å². The number of methoxy groups -OCH3 is 1. The van der Waals surface area contributed by atoms with Crippen LogP contribution in [0.25, 0.3) is 0 Å². The van der Waals surface area contributed by atoms with Crippen LogP contribution in [0, 0.1) is 0 Å². The van der Waals surface area contributed by atoms with Crippen LogP contribution in [0.3, 0.4) is 0 Å². The first-order chi connectivity index (χ1) is 3.18. The summed E-state index contributed by atoms with van der Waals surface area (Å²) in [5, 5.41) is 0. The van der Waals surface area contributed by atoms with E-state index in [4.69, 9.17) is 4.74 Å². The Hall–Kier alpha value is -0.0105. The van der Waals surface area contributed by atoms with Crippen LogP contribution in [0.4, 0.5) is 0 Å². The van der Waals surface area contributed by atoms with Crippen LogP contribution in [-0.2, 0) is 4.74 Å². The Labute approximate surface area is 51.8 Å². The van der Waals surface area contributed by atoms with Crippen LogP contribution >= 0.6 is 0 Å². The fraction of sp³-hybridized carbons (Fsp3) is 0.750. The molecular formula is C4H9NOSe. The topological polar surface area (TPSA) is 12.5 Å². The molecule has 2 nitrogen and oxygen atoms in total. The third kappa shape index (κ3) is 2.66. The quantitative estimate of drug-likeness (QED) is 0.510. The fourth-order valence-electron chi connectivity index (χ4n) is 0.183. The predicted molar refractivity (Wildman–Crippen MR) is 31.5 cm³/mol. The van der Waals surface area contributed by atoms with Crippen LogP contribution in [-0.4, -0.2) is 46.4 Å². The Morgan fingerprint density at radius 1 is 1.57 bits per heavy atom. The van der Waals surface area contributed by atoms with Gasteiger partial charge in [0.2, 0.25) is 0 Å². The number of rotatable bonds is 2. The van der Waals surface area contributed by atoms with E-state index in [0.29, 0.717) is 0 Å². The molecule has 0 fully saturated rings. The molecule has 3 heteroatoms. The predicted octanol–water partition coefficient (Wildman–Crippen LogP) is -0.550. The zero-order chi connectivity index (χ0) is 5.86. The van der Waals surface area contributed by atoms with Crippen LogP contribution < -0.4 is 0 Å². The van der Waals surface area contributed by atoms with Crippen LogP contribution in [0.2, 0.25) is 0 Å². The molecule has 0 atom stereocenters. The Kier molecular flexibility index (Phi) is 3.05. The summed E-state index contributed by atoms with van der Waals surface area (Å²) in [7, 11) is 5.45. The maximum atomic E-state index is 4.80. The number of hydrogen-bond acceptors (Lipinski definition) is 2. The first kappa shape index (κ1) is 6.99. The van der Waals surface area contributed by atoms with E-state index >= 15 is 0 Å². The van der Waals surface area contributed by atoms with Gasteiger partial charge in [-0.1, -0.05) is 0 Å². The fourth-order valence-corrected chi connectivity index (χ4v) is 0.183. The van der Waals surface area contributed by atoms with Crippen molar-refractivity contribution in [2.24, 2.45) is 0 Å². The van der Waals surface area contributed by atoms with E-state index in [1.807, 2.05) is 19.0 Å². The van der Waals surface area contributed by atoms with Gasteiger partial charge in [-0.25, -0.2) is 0 Å². The summed E-state index contributed by atoms with van der Waals surface area (Å²) in [6.45, 7) is 0. The molecule has 0 aromatic heterocycles. The number of nitrogens with zero attached hydrogens (tertiary/aromatic N) is 1. The average molecular weight is 166 g/mol. The molecule has 0 aliphatic carbocycles. The van der Waals surface area contributed by atoms with Crippen LogP contribution in [0.5, 0.6) is 0 Å². The SMILES string of the molecule is COC(=[Se])N(C)C. The summed E-state index contributed by atoms with van der Waals surface area (Å²) >= 11 is 2.75. The molecule has 0 N–H and O–H groups in total. The van der Waals surface area contributed by atoms with Gasteiger partial charge in [0, 0.05) is 0 Å². The van der Waals surface area contributed by atoms with Crippen molar-refractivity contribution in [2.75, 3.05) is 21.2 Å². The Morgan fingerprint density at radius 3 is 2.00 bits per heavy atom. The second-order valence-electron chi connectivity index (χ2n) is 1.36. The molecule has 0 bridgehead atoms. The molecule has 0 unspecified atom stereocenters. The normalized spacial score (nSPS) is 7.86. The van der Waals surface area contributed by atoms with Crippen molar-refractivity contribution < 1.29 is 4.74 Å². The van der Waals surface area contributed by atoms with E-state index in [1.54, 1.807) is 7.11 Å². The van der Waals surface area contributed by atoms with Gasteiger partial charge in [-0.15, -0.1) is 0 Å². The molecule has 0 spiro atoms. The Morgan fingerprint density at radius 2 is 2.00 bits per heavy atom. The molecule has 0 heterocycles. The van der Waals surface area contributed by atoms with Crippen molar-refractivity contribution in [1.82, 2.24) is 4.90 Å². The standard InChI is InChI=1S/C4H9NOSe/c1-5(2)4(7)6-3/h1-3H3. The third-order valence-corrected chi connectivity index (χ3v) is 1.66. The first-order valence-corrected chi connectivity index (χ1v) is 2.79. The van der Waals surface area contributed by atoms with Crippen molar-refractivity contribution in [3.05, 3.63) is 0 Å². The van der Waals surface area contributed by atoms with Gasteiger partial charge in [-0.3, -0.25) is 0 Å². The van der Waals surface area contributed by atoms with E-state index in [0.717, 1.165) is 4.73 Å². The summed E-state index contributed by atoms with van der Waals surface area (Å²) in [4.78, 5) is 1.86. The second kappa shape index (κ2) is 3.05. The maximum absolute atomic E-state index is 4.80. The van der Waals surface area contributed by atoms with E-state index < -0.39 is 0 Å². The molecule has 0 amide bonds. The minimum absolute atomic E-state index is 0.806. The molecule has 0 radical (unpaired) electrons. The van der Waals surface area contributed by atoms with E-state index in [9.17, 15) is 0 Å². The van der Waals surface area contributed by atoms with Crippen LogP contribution in [0.15, 0.2) is 0 Å². The Bertz CT molecular complexity index is 72.1. The monoisotopic (exact) mass is 167 g/mol. The summed E-state index contributed by atoms with van der Waals surface area (Å²) in [6.07, 6.45) is 0. The second-order valence-corrected chi connectivity index (χ2v) is 2.10. The molecule has 7 heavy (non-hydrogen) atoms. The Balaban J connectivity index is 3.35. The van der Waals surface area contributed by atoms with Crippen molar-refractivity contribution in [3.8, 4) is 0 Å². The molecular weight excluding hydrogens is 157 g/mol. The molecule has 0 saturated heterocycles. The summed E-state index contributed by atoms with van der Waals surface area (Å²) in [5.74, 6) is 0. The average Bonchev–Trinajstić information content (AvgIpc) is 1.65. The van der Waals surface area contributed by atoms with Crippen LogP contribution in [0.1, 0.15) is 0 Å². The van der Waals surface area contributed by atoms with Gasteiger partial charge in [0.05, 0.1) is 0 Å². The van der Waals surface area contributed by atoms with Crippen molar-refractivity contribution >= 4 is 20.3 Å².